The highest BCUT2D eigenvalue weighted by Gasteiger charge is 2.28. The van der Waals surface area contributed by atoms with Crippen molar-refractivity contribution >= 4 is 33.8 Å². The second kappa shape index (κ2) is 10.8. The zero-order valence-electron chi connectivity index (χ0n) is 19.1. The number of hydrogen-bond donors (Lipinski definition) is 1. The lowest BCUT2D eigenvalue weighted by atomic mass is 10.1. The van der Waals surface area contributed by atoms with Crippen LogP contribution in [0, 0.1) is 13.8 Å². The lowest BCUT2D eigenvalue weighted by Crippen LogP contribution is -2.40. The molecule has 0 unspecified atom stereocenters. The normalized spacial score (nSPS) is 11.3. The fraction of sp³-hybridized carbons (Fsp3) is 0.160. The van der Waals surface area contributed by atoms with Gasteiger partial charge in [0.1, 0.15) is 6.54 Å². The molecule has 176 valence electrons. The Morgan fingerprint density at radius 3 is 2.29 bits per heavy atom. The number of carbonyl (C=O) groups is 2. The van der Waals surface area contributed by atoms with Crippen molar-refractivity contribution in [3.8, 4) is 0 Å². The highest BCUT2D eigenvalue weighted by atomic mass is 32.2. The lowest BCUT2D eigenvalue weighted by Gasteiger charge is -2.25. The number of nitrogens with one attached hydrogen (secondary N) is 1. The van der Waals surface area contributed by atoms with Crippen LogP contribution in [0.5, 0.6) is 0 Å². The molecule has 0 aliphatic carbocycles. The van der Waals surface area contributed by atoms with E-state index in [-0.39, 0.29) is 4.90 Å². The van der Waals surface area contributed by atoms with Gasteiger partial charge < -0.3 is 4.74 Å². The molecule has 0 bridgehead atoms. The predicted molar refractivity (Wildman–Crippen MR) is 130 cm³/mol. The Balaban J connectivity index is 1.80. The zero-order valence-corrected chi connectivity index (χ0v) is 19.9. The summed E-state index contributed by atoms with van der Waals surface area (Å²) in [5, 5.41) is 3.91. The second-order valence-electron chi connectivity index (χ2n) is 7.52. The standard InChI is InChI=1S/C25H25N3O5S/c1-18-9-14-23(19(2)15-18)28(34(31,32)22-7-5-4-6-8-22)17-24(29)27-26-16-20-10-12-21(13-11-20)25(30)33-3/h4-16H,17H2,1-3H3,(H,27,29)/b26-16-. The number of sulfonamides is 1. The summed E-state index contributed by atoms with van der Waals surface area (Å²) in [6.45, 7) is 3.25. The minimum Gasteiger partial charge on any atom is -0.465 e. The van der Waals surface area contributed by atoms with Crippen LogP contribution in [-0.2, 0) is 19.6 Å². The van der Waals surface area contributed by atoms with Crippen LogP contribution < -0.4 is 9.73 Å². The van der Waals surface area contributed by atoms with Crippen molar-refractivity contribution < 1.29 is 22.7 Å². The first-order valence-corrected chi connectivity index (χ1v) is 11.8. The van der Waals surface area contributed by atoms with Crippen molar-refractivity contribution in [2.75, 3.05) is 18.0 Å². The van der Waals surface area contributed by atoms with Crippen molar-refractivity contribution in [3.05, 3.63) is 95.1 Å². The molecule has 8 nitrogen and oxygen atoms in total. The predicted octanol–water partition coefficient (Wildman–Crippen LogP) is 3.44. The van der Waals surface area contributed by atoms with Gasteiger partial charge in [0.25, 0.3) is 15.9 Å². The maximum atomic E-state index is 13.4. The van der Waals surface area contributed by atoms with Gasteiger partial charge in [-0.2, -0.15) is 5.10 Å². The third kappa shape index (κ3) is 5.87. The molecule has 1 N–H and O–H groups in total. The van der Waals surface area contributed by atoms with E-state index in [1.54, 1.807) is 61.5 Å². The summed E-state index contributed by atoms with van der Waals surface area (Å²) in [5.74, 6) is -1.06. The van der Waals surface area contributed by atoms with Crippen LogP contribution in [0.3, 0.4) is 0 Å². The number of amides is 1. The van der Waals surface area contributed by atoms with E-state index >= 15 is 0 Å². The number of esters is 1. The summed E-state index contributed by atoms with van der Waals surface area (Å²) in [5.41, 5.74) is 5.50. The Kier molecular flexibility index (Phi) is 7.80. The summed E-state index contributed by atoms with van der Waals surface area (Å²) in [4.78, 5) is 24.3. The van der Waals surface area contributed by atoms with Crippen molar-refractivity contribution in [2.45, 2.75) is 18.7 Å². The fourth-order valence-corrected chi connectivity index (χ4v) is 4.78. The minimum atomic E-state index is -4.00. The summed E-state index contributed by atoms with van der Waals surface area (Å²) < 4.78 is 32.5. The number of hydrogen-bond acceptors (Lipinski definition) is 6. The van der Waals surface area contributed by atoms with Crippen molar-refractivity contribution in [2.24, 2.45) is 5.10 Å². The van der Waals surface area contributed by atoms with Gasteiger partial charge in [0, 0.05) is 0 Å². The van der Waals surface area contributed by atoms with E-state index in [1.807, 2.05) is 13.0 Å². The molecule has 0 heterocycles. The molecule has 9 heteroatoms. The van der Waals surface area contributed by atoms with Gasteiger partial charge in [-0.1, -0.05) is 48.0 Å². The molecule has 0 atom stereocenters. The van der Waals surface area contributed by atoms with Crippen molar-refractivity contribution in [1.82, 2.24) is 5.43 Å². The molecule has 0 saturated heterocycles. The third-order valence-electron chi connectivity index (χ3n) is 4.97. The summed E-state index contributed by atoms with van der Waals surface area (Å²) in [6.07, 6.45) is 1.39. The summed E-state index contributed by atoms with van der Waals surface area (Å²) in [7, 11) is -2.70. The number of ether oxygens (including phenoxy) is 1. The number of methoxy groups -OCH3 is 1. The highest BCUT2D eigenvalue weighted by Crippen LogP contribution is 2.27. The molecule has 0 radical (unpaired) electrons. The quantitative estimate of drug-likeness (QED) is 0.303. The van der Waals surface area contributed by atoms with Crippen LogP contribution in [-0.4, -0.2) is 40.2 Å². The summed E-state index contributed by atoms with van der Waals surface area (Å²) >= 11 is 0. The van der Waals surface area contributed by atoms with E-state index in [1.165, 1.54) is 25.5 Å². The van der Waals surface area contributed by atoms with Crippen LogP contribution >= 0.6 is 0 Å². The monoisotopic (exact) mass is 479 g/mol. The van der Waals surface area contributed by atoms with Crippen molar-refractivity contribution in [3.63, 3.8) is 0 Å². The number of carbonyl (C=O) groups excluding carboxylic acids is 2. The topological polar surface area (TPSA) is 105 Å². The van der Waals surface area contributed by atoms with Crippen LogP contribution in [0.1, 0.15) is 27.0 Å². The number of anilines is 1. The van der Waals surface area contributed by atoms with Gasteiger partial charge in [0.2, 0.25) is 0 Å². The molecule has 0 aromatic heterocycles. The average molecular weight is 480 g/mol. The van der Waals surface area contributed by atoms with E-state index in [9.17, 15) is 18.0 Å². The third-order valence-corrected chi connectivity index (χ3v) is 6.75. The molecular formula is C25H25N3O5S. The van der Waals surface area contributed by atoms with Gasteiger partial charge in [-0.3, -0.25) is 9.10 Å². The summed E-state index contributed by atoms with van der Waals surface area (Å²) in [6, 6.07) is 19.7. The minimum absolute atomic E-state index is 0.0805. The van der Waals surface area contributed by atoms with E-state index < -0.39 is 28.4 Å². The number of rotatable bonds is 8. The van der Waals surface area contributed by atoms with Crippen LogP contribution in [0.15, 0.2) is 82.8 Å². The van der Waals surface area contributed by atoms with Gasteiger partial charge in [0.05, 0.1) is 29.5 Å². The number of hydrazone groups is 1. The maximum absolute atomic E-state index is 13.4. The highest BCUT2D eigenvalue weighted by molar-refractivity contribution is 7.92. The number of aryl methyl sites for hydroxylation is 2. The van der Waals surface area contributed by atoms with Gasteiger partial charge in [-0.15, -0.1) is 0 Å². The van der Waals surface area contributed by atoms with Crippen LogP contribution in [0.25, 0.3) is 0 Å². The lowest BCUT2D eigenvalue weighted by molar-refractivity contribution is -0.119. The van der Waals surface area contributed by atoms with Crippen molar-refractivity contribution in [1.29, 1.82) is 0 Å². The number of nitrogens with zero attached hydrogens (tertiary/aromatic N) is 2. The maximum Gasteiger partial charge on any atom is 0.337 e. The van der Waals surface area contributed by atoms with Gasteiger partial charge in [-0.25, -0.2) is 18.6 Å². The fourth-order valence-electron chi connectivity index (χ4n) is 3.27. The first kappa shape index (κ1) is 24.7. The first-order valence-electron chi connectivity index (χ1n) is 10.4. The number of benzene rings is 3. The largest absolute Gasteiger partial charge is 0.465 e. The molecule has 34 heavy (non-hydrogen) atoms. The average Bonchev–Trinajstić information content (AvgIpc) is 2.83. The molecule has 0 aliphatic rings. The van der Waals surface area contributed by atoms with Crippen LogP contribution in [0.4, 0.5) is 5.69 Å². The molecule has 1 amide bonds. The van der Waals surface area contributed by atoms with E-state index in [0.29, 0.717) is 16.8 Å². The Bertz CT molecular complexity index is 1300. The van der Waals surface area contributed by atoms with E-state index in [0.717, 1.165) is 15.4 Å². The molecule has 0 saturated carbocycles. The zero-order chi connectivity index (χ0) is 24.7. The van der Waals surface area contributed by atoms with E-state index in [2.05, 4.69) is 15.3 Å². The molecule has 3 aromatic carbocycles. The first-order chi connectivity index (χ1) is 16.2. The van der Waals surface area contributed by atoms with E-state index in [4.69, 9.17) is 0 Å². The SMILES string of the molecule is COC(=O)c1ccc(/C=N\NC(=O)CN(c2ccc(C)cc2C)S(=O)(=O)c2ccccc2)cc1. The van der Waals surface area contributed by atoms with Gasteiger partial charge in [0.15, 0.2) is 0 Å². The smallest absolute Gasteiger partial charge is 0.337 e. The molecule has 3 aromatic rings. The van der Waals surface area contributed by atoms with Gasteiger partial charge >= 0.3 is 5.97 Å². The Labute approximate surface area is 198 Å². The Hall–Kier alpha value is -3.98. The Morgan fingerprint density at radius 1 is 1.00 bits per heavy atom. The Morgan fingerprint density at radius 2 is 1.68 bits per heavy atom. The molecule has 0 spiro atoms. The molecular weight excluding hydrogens is 454 g/mol. The molecule has 3 rings (SSSR count). The molecule has 0 fully saturated rings. The van der Waals surface area contributed by atoms with Gasteiger partial charge in [-0.05, 0) is 55.3 Å². The molecule has 0 aliphatic heterocycles. The van der Waals surface area contributed by atoms with Crippen LogP contribution in [0.2, 0.25) is 0 Å². The second-order valence-corrected chi connectivity index (χ2v) is 9.38.